The van der Waals surface area contributed by atoms with Gasteiger partial charge in [-0.05, 0) is 66.1 Å². The molecule has 0 spiro atoms. The van der Waals surface area contributed by atoms with E-state index in [9.17, 15) is 4.79 Å². The maximum Gasteiger partial charge on any atom is 0.167 e. The smallest absolute Gasteiger partial charge is 0.167 e. The average Bonchev–Trinajstić information content (AvgIpc) is 3.14. The normalized spacial score (nSPS) is 15.4. The minimum atomic E-state index is 0.225. The van der Waals surface area contributed by atoms with E-state index in [2.05, 4.69) is 29.6 Å². The summed E-state index contributed by atoms with van der Waals surface area (Å²) in [4.78, 5) is 12.5. The highest BCUT2D eigenvalue weighted by atomic mass is 16.1. The highest BCUT2D eigenvalue weighted by Gasteiger charge is 2.15. The third kappa shape index (κ3) is 2.35. The summed E-state index contributed by atoms with van der Waals surface area (Å²) < 4.78 is 0. The summed E-state index contributed by atoms with van der Waals surface area (Å²) in [7, 11) is 0. The molecule has 0 amide bonds. The van der Waals surface area contributed by atoms with Crippen LogP contribution in [-0.4, -0.2) is 12.3 Å². The van der Waals surface area contributed by atoms with Crippen LogP contribution in [0.5, 0.6) is 0 Å². The first-order chi connectivity index (χ1) is 10.3. The molecule has 0 saturated carbocycles. The summed E-state index contributed by atoms with van der Waals surface area (Å²) in [6.45, 7) is 0.984. The monoisotopic (exact) mass is 277 g/mol. The van der Waals surface area contributed by atoms with Crippen LogP contribution in [0.25, 0.3) is 0 Å². The van der Waals surface area contributed by atoms with Crippen LogP contribution in [0.3, 0.4) is 0 Å². The van der Waals surface area contributed by atoms with E-state index in [-0.39, 0.29) is 5.78 Å². The number of rotatable bonds is 3. The molecule has 106 valence electrons. The van der Waals surface area contributed by atoms with Crippen molar-refractivity contribution in [2.75, 3.05) is 11.9 Å². The Balaban J connectivity index is 1.55. The van der Waals surface area contributed by atoms with Crippen molar-refractivity contribution in [3.63, 3.8) is 0 Å². The largest absolute Gasteiger partial charge is 0.384 e. The van der Waals surface area contributed by atoms with Gasteiger partial charge in [0.1, 0.15) is 0 Å². The number of aryl methyl sites for hydroxylation is 2. The summed E-state index contributed by atoms with van der Waals surface area (Å²) in [6.07, 6.45) is 5.16. The Labute approximate surface area is 125 Å². The van der Waals surface area contributed by atoms with Crippen LogP contribution in [0.15, 0.2) is 36.4 Å². The number of hydrogen-bond acceptors (Lipinski definition) is 2. The number of anilines is 1. The molecule has 1 heterocycles. The molecule has 0 atom stereocenters. The second-order valence-electron chi connectivity index (χ2n) is 6.11. The predicted octanol–water partition coefficient (Wildman–Crippen LogP) is 3.57. The number of hydrogen-bond donors (Lipinski definition) is 1. The standard InChI is InChI=1S/C19H19NO/c21-19(17-6-7-18-16(12-17)8-9-20-18)11-13-4-5-14-2-1-3-15(14)10-13/h4-7,10,12,20H,1-3,8-9,11H2. The van der Waals surface area contributed by atoms with Crippen LogP contribution >= 0.6 is 0 Å². The zero-order valence-electron chi connectivity index (χ0n) is 12.1. The SMILES string of the molecule is O=C(Cc1ccc2c(c1)CCC2)c1ccc2c(c1)CCN2. The maximum absolute atomic E-state index is 12.5. The highest BCUT2D eigenvalue weighted by molar-refractivity contribution is 5.98. The minimum absolute atomic E-state index is 0.225. The zero-order chi connectivity index (χ0) is 14.2. The summed E-state index contributed by atoms with van der Waals surface area (Å²) in [5.74, 6) is 0.225. The van der Waals surface area contributed by atoms with E-state index >= 15 is 0 Å². The molecule has 2 nitrogen and oxygen atoms in total. The Hall–Kier alpha value is -2.09. The fourth-order valence-electron chi connectivity index (χ4n) is 3.50. The van der Waals surface area contributed by atoms with Crippen molar-refractivity contribution in [3.05, 3.63) is 64.2 Å². The fraction of sp³-hybridized carbons (Fsp3) is 0.316. The van der Waals surface area contributed by atoms with Gasteiger partial charge in [0.15, 0.2) is 5.78 Å². The van der Waals surface area contributed by atoms with Crippen molar-refractivity contribution in [2.45, 2.75) is 32.1 Å². The van der Waals surface area contributed by atoms with Crippen molar-refractivity contribution in [1.29, 1.82) is 0 Å². The molecule has 1 aliphatic heterocycles. The van der Waals surface area contributed by atoms with Crippen LogP contribution in [0, 0.1) is 0 Å². The van der Waals surface area contributed by atoms with Crippen molar-refractivity contribution >= 4 is 11.5 Å². The summed E-state index contributed by atoms with van der Waals surface area (Å²) in [5.41, 5.74) is 7.37. The molecule has 4 rings (SSSR count). The van der Waals surface area contributed by atoms with E-state index in [1.54, 1.807) is 0 Å². The fourth-order valence-corrected chi connectivity index (χ4v) is 3.50. The van der Waals surface area contributed by atoms with E-state index < -0.39 is 0 Å². The molecule has 2 heteroatoms. The van der Waals surface area contributed by atoms with E-state index in [0.29, 0.717) is 6.42 Å². The van der Waals surface area contributed by atoms with E-state index in [0.717, 1.165) is 24.1 Å². The van der Waals surface area contributed by atoms with Gasteiger partial charge < -0.3 is 5.32 Å². The van der Waals surface area contributed by atoms with Crippen LogP contribution in [0.1, 0.15) is 39.0 Å². The van der Waals surface area contributed by atoms with Crippen molar-refractivity contribution in [2.24, 2.45) is 0 Å². The number of ketones is 1. The number of carbonyl (C=O) groups is 1. The summed E-state index contributed by atoms with van der Waals surface area (Å²) in [6, 6.07) is 12.6. The molecule has 1 aliphatic carbocycles. The van der Waals surface area contributed by atoms with Crippen LogP contribution in [0.2, 0.25) is 0 Å². The molecule has 0 unspecified atom stereocenters. The molecule has 2 aromatic rings. The second kappa shape index (κ2) is 5.03. The van der Waals surface area contributed by atoms with Gasteiger partial charge in [0.2, 0.25) is 0 Å². The topological polar surface area (TPSA) is 29.1 Å². The maximum atomic E-state index is 12.5. The number of nitrogens with one attached hydrogen (secondary N) is 1. The third-order valence-electron chi connectivity index (χ3n) is 4.66. The molecule has 2 aliphatic rings. The van der Waals surface area contributed by atoms with Gasteiger partial charge >= 0.3 is 0 Å². The van der Waals surface area contributed by atoms with Crippen molar-refractivity contribution in [3.8, 4) is 0 Å². The lowest BCUT2D eigenvalue weighted by Gasteiger charge is -2.06. The third-order valence-corrected chi connectivity index (χ3v) is 4.66. The minimum Gasteiger partial charge on any atom is -0.384 e. The lowest BCUT2D eigenvalue weighted by atomic mass is 9.98. The average molecular weight is 277 g/mol. The van der Waals surface area contributed by atoms with Gasteiger partial charge in [-0.1, -0.05) is 18.2 Å². The predicted molar refractivity (Wildman–Crippen MR) is 85.1 cm³/mol. The first-order valence-electron chi connectivity index (χ1n) is 7.80. The lowest BCUT2D eigenvalue weighted by Crippen LogP contribution is -2.04. The molecule has 0 radical (unpaired) electrons. The second-order valence-corrected chi connectivity index (χ2v) is 6.11. The van der Waals surface area contributed by atoms with Crippen molar-refractivity contribution in [1.82, 2.24) is 0 Å². The Morgan fingerprint density at radius 2 is 1.86 bits per heavy atom. The van der Waals surface area contributed by atoms with Gasteiger partial charge in [0.05, 0.1) is 0 Å². The summed E-state index contributed by atoms with van der Waals surface area (Å²) >= 11 is 0. The molecule has 1 N–H and O–H groups in total. The number of Topliss-reactive ketones (excluding diaryl/α,β-unsaturated/α-hetero) is 1. The molecular formula is C19H19NO. The highest BCUT2D eigenvalue weighted by Crippen LogP contribution is 2.25. The van der Waals surface area contributed by atoms with Crippen LogP contribution in [0.4, 0.5) is 5.69 Å². The number of fused-ring (bicyclic) bond motifs is 2. The van der Waals surface area contributed by atoms with Gasteiger partial charge in [0, 0.05) is 24.2 Å². The Morgan fingerprint density at radius 1 is 0.952 bits per heavy atom. The van der Waals surface area contributed by atoms with Crippen LogP contribution < -0.4 is 5.32 Å². The molecular weight excluding hydrogens is 258 g/mol. The molecule has 0 saturated heterocycles. The van der Waals surface area contributed by atoms with E-state index in [4.69, 9.17) is 0 Å². The van der Waals surface area contributed by atoms with Gasteiger partial charge in [0.25, 0.3) is 0 Å². The van der Waals surface area contributed by atoms with Crippen LogP contribution in [-0.2, 0) is 25.7 Å². The first-order valence-corrected chi connectivity index (χ1v) is 7.80. The molecule has 0 bridgehead atoms. The number of benzene rings is 2. The van der Waals surface area contributed by atoms with E-state index in [1.165, 1.54) is 41.6 Å². The van der Waals surface area contributed by atoms with Gasteiger partial charge in [-0.25, -0.2) is 0 Å². The summed E-state index contributed by atoms with van der Waals surface area (Å²) in [5, 5.41) is 3.33. The molecule has 21 heavy (non-hydrogen) atoms. The number of carbonyl (C=O) groups excluding carboxylic acids is 1. The van der Waals surface area contributed by atoms with Gasteiger partial charge in [-0.15, -0.1) is 0 Å². The van der Waals surface area contributed by atoms with Gasteiger partial charge in [-0.2, -0.15) is 0 Å². The van der Waals surface area contributed by atoms with E-state index in [1.807, 2.05) is 12.1 Å². The molecule has 0 fully saturated rings. The quantitative estimate of drug-likeness (QED) is 0.869. The Morgan fingerprint density at radius 3 is 2.81 bits per heavy atom. The lowest BCUT2D eigenvalue weighted by molar-refractivity contribution is 0.0993. The first kappa shape index (κ1) is 12.6. The molecule has 2 aromatic carbocycles. The Bertz CT molecular complexity index is 718. The van der Waals surface area contributed by atoms with Crippen molar-refractivity contribution < 1.29 is 4.79 Å². The molecule has 0 aromatic heterocycles. The zero-order valence-corrected chi connectivity index (χ0v) is 12.1. The van der Waals surface area contributed by atoms with Gasteiger partial charge in [-0.3, -0.25) is 4.79 Å². The Kier molecular flexibility index (Phi) is 3.03.